The van der Waals surface area contributed by atoms with Crippen LogP contribution in [0.3, 0.4) is 0 Å². The fourth-order valence-electron chi connectivity index (χ4n) is 1.19. The Kier molecular flexibility index (Phi) is 2.54. The largest absolute Gasteiger partial charge is 0.444 e. The summed E-state index contributed by atoms with van der Waals surface area (Å²) in [7, 11) is 0. The first-order chi connectivity index (χ1) is 7.12. The third-order valence-electron chi connectivity index (χ3n) is 1.79. The van der Waals surface area contributed by atoms with Crippen molar-refractivity contribution in [3.63, 3.8) is 0 Å². The number of piperidine rings is 1. The molecule has 4 nitrogen and oxygen atoms in total. The van der Waals surface area contributed by atoms with Crippen molar-refractivity contribution in [3.05, 3.63) is 0 Å². The Morgan fingerprint density at radius 3 is 2.86 bits per heavy atom. The Labute approximate surface area is 87.7 Å². The lowest BCUT2D eigenvalue weighted by Gasteiger charge is -2.32. The van der Waals surface area contributed by atoms with Crippen molar-refractivity contribution in [1.29, 1.82) is 0 Å². The molecule has 0 radical (unpaired) electrons. The maximum Gasteiger partial charge on any atom is 0.410 e. The molecule has 14 heavy (non-hydrogen) atoms. The Hall–Kier alpha value is -0.770. The minimum absolute atomic E-state index is 0.0120. The molecule has 0 unspecified atom stereocenters. The Balaban J connectivity index is 2.72. The summed E-state index contributed by atoms with van der Waals surface area (Å²) in [6.45, 7) is 3.42. The third-order valence-corrected chi connectivity index (χ3v) is 1.79. The highest BCUT2D eigenvalue weighted by molar-refractivity contribution is 5.68. The second kappa shape index (κ2) is 4.17. The van der Waals surface area contributed by atoms with Crippen molar-refractivity contribution >= 4 is 6.09 Å². The number of hydrogen-bond donors (Lipinski definition) is 1. The van der Waals surface area contributed by atoms with Gasteiger partial charge in [-0.25, -0.2) is 4.79 Å². The van der Waals surface area contributed by atoms with Crippen LogP contribution in [-0.4, -0.2) is 40.8 Å². The van der Waals surface area contributed by atoms with Gasteiger partial charge in [-0.05, 0) is 33.6 Å². The first-order valence-electron chi connectivity index (χ1n) is 5.80. The Morgan fingerprint density at radius 1 is 1.64 bits per heavy atom. The zero-order valence-electron chi connectivity index (χ0n) is 10.9. The SMILES string of the molecule is [2H]C1([2H])CC[C@H](O)CN1C(=O)OC(C)(C)C. The van der Waals surface area contributed by atoms with Crippen LogP contribution in [0, 0.1) is 0 Å². The minimum atomic E-state index is -1.73. The maximum absolute atomic E-state index is 11.7. The standard InChI is InChI=1S/C10H19NO3/c1-10(2,3)14-9(13)11-6-4-5-8(12)7-11/h8,12H,4-7H2,1-3H3/t8-/m0/s1/i6D2. The number of carbonyl (C=O) groups excluding carboxylic acids is 1. The lowest BCUT2D eigenvalue weighted by molar-refractivity contribution is 0.00391. The molecule has 1 saturated heterocycles. The molecule has 0 bridgehead atoms. The molecule has 82 valence electrons. The van der Waals surface area contributed by atoms with Crippen LogP contribution in [0.5, 0.6) is 0 Å². The van der Waals surface area contributed by atoms with Gasteiger partial charge in [-0.15, -0.1) is 0 Å². The average Bonchev–Trinajstić information content (AvgIpc) is 2.06. The molecule has 0 aromatic rings. The van der Waals surface area contributed by atoms with E-state index in [1.165, 1.54) is 0 Å². The van der Waals surface area contributed by atoms with Gasteiger partial charge in [0.25, 0.3) is 0 Å². The van der Waals surface area contributed by atoms with Crippen LogP contribution >= 0.6 is 0 Å². The number of β-amino-alcohol motifs (C(OH)–C–C–N with tert-alkyl or cyclic N) is 1. The number of rotatable bonds is 0. The number of carbonyl (C=O) groups is 1. The van der Waals surface area contributed by atoms with E-state index in [0.717, 1.165) is 4.90 Å². The summed E-state index contributed by atoms with van der Waals surface area (Å²) in [6.07, 6.45) is -0.882. The summed E-state index contributed by atoms with van der Waals surface area (Å²) < 4.78 is 20.5. The van der Waals surface area contributed by atoms with E-state index in [1.54, 1.807) is 20.8 Å². The lowest BCUT2D eigenvalue weighted by atomic mass is 10.1. The second-order valence-corrected chi connectivity index (χ2v) is 4.44. The molecule has 0 aromatic carbocycles. The van der Waals surface area contributed by atoms with Gasteiger partial charge in [0.2, 0.25) is 0 Å². The van der Waals surface area contributed by atoms with Crippen LogP contribution in [0.1, 0.15) is 36.4 Å². The van der Waals surface area contributed by atoms with Gasteiger partial charge in [0.15, 0.2) is 0 Å². The van der Waals surface area contributed by atoms with Crippen molar-refractivity contribution in [3.8, 4) is 0 Å². The number of ether oxygens (including phenoxy) is 1. The van der Waals surface area contributed by atoms with E-state index in [9.17, 15) is 9.90 Å². The zero-order chi connectivity index (χ0) is 12.6. The summed E-state index contributed by atoms with van der Waals surface area (Å²) in [4.78, 5) is 12.7. The molecule has 1 heterocycles. The first-order valence-corrected chi connectivity index (χ1v) is 4.80. The van der Waals surface area contributed by atoms with Crippen LogP contribution in [0.4, 0.5) is 4.79 Å². The van der Waals surface area contributed by atoms with E-state index in [1.807, 2.05) is 0 Å². The van der Waals surface area contributed by atoms with E-state index in [2.05, 4.69) is 0 Å². The second-order valence-electron chi connectivity index (χ2n) is 4.44. The highest BCUT2D eigenvalue weighted by Gasteiger charge is 2.26. The van der Waals surface area contributed by atoms with Crippen molar-refractivity contribution in [2.75, 3.05) is 13.0 Å². The van der Waals surface area contributed by atoms with Crippen molar-refractivity contribution in [1.82, 2.24) is 4.90 Å². The molecule has 1 aliphatic rings. The van der Waals surface area contributed by atoms with Gasteiger partial charge in [0.1, 0.15) is 5.60 Å². The Bertz CT molecular complexity index is 276. The van der Waals surface area contributed by atoms with Crippen LogP contribution in [-0.2, 0) is 4.74 Å². The monoisotopic (exact) mass is 203 g/mol. The van der Waals surface area contributed by atoms with Crippen LogP contribution < -0.4 is 0 Å². The van der Waals surface area contributed by atoms with Gasteiger partial charge in [-0.3, -0.25) is 0 Å². The van der Waals surface area contributed by atoms with E-state index in [0.29, 0.717) is 6.42 Å². The molecule has 0 aliphatic carbocycles. The molecule has 1 rings (SSSR count). The van der Waals surface area contributed by atoms with E-state index in [4.69, 9.17) is 7.48 Å². The van der Waals surface area contributed by atoms with Crippen molar-refractivity contribution in [2.24, 2.45) is 0 Å². The summed E-state index contributed by atoms with van der Waals surface area (Å²) in [5, 5.41) is 9.44. The van der Waals surface area contributed by atoms with Gasteiger partial charge in [0.05, 0.1) is 6.10 Å². The van der Waals surface area contributed by atoms with Gasteiger partial charge < -0.3 is 14.7 Å². The van der Waals surface area contributed by atoms with Gasteiger partial charge in [-0.1, -0.05) is 0 Å². The van der Waals surface area contributed by atoms with E-state index in [-0.39, 0.29) is 13.0 Å². The van der Waals surface area contributed by atoms with Crippen LogP contribution in [0.2, 0.25) is 0 Å². The van der Waals surface area contributed by atoms with E-state index < -0.39 is 24.3 Å². The quantitative estimate of drug-likeness (QED) is 0.647. The highest BCUT2D eigenvalue weighted by Crippen LogP contribution is 2.14. The highest BCUT2D eigenvalue weighted by atomic mass is 16.6. The van der Waals surface area contributed by atoms with Crippen LogP contribution in [0.25, 0.3) is 0 Å². The first kappa shape index (κ1) is 8.53. The zero-order valence-corrected chi connectivity index (χ0v) is 8.91. The normalized spacial score (nSPS) is 29.1. The number of nitrogens with zero attached hydrogens (tertiary/aromatic N) is 1. The minimum Gasteiger partial charge on any atom is -0.444 e. The van der Waals surface area contributed by atoms with Crippen molar-refractivity contribution < 1.29 is 17.4 Å². The van der Waals surface area contributed by atoms with E-state index >= 15 is 0 Å². The molecule has 1 N–H and O–H groups in total. The number of amides is 1. The molecule has 1 fully saturated rings. The predicted octanol–water partition coefficient (Wildman–Crippen LogP) is 1.38. The summed E-state index contributed by atoms with van der Waals surface area (Å²) in [5.74, 6) is 0. The molecule has 0 spiro atoms. The summed E-state index contributed by atoms with van der Waals surface area (Å²) in [5.41, 5.74) is -0.657. The predicted molar refractivity (Wildman–Crippen MR) is 53.0 cm³/mol. The Morgan fingerprint density at radius 2 is 2.29 bits per heavy atom. The number of hydrogen-bond acceptors (Lipinski definition) is 3. The van der Waals surface area contributed by atoms with Gasteiger partial charge in [-0.2, -0.15) is 0 Å². The number of aliphatic hydroxyl groups is 1. The topological polar surface area (TPSA) is 49.8 Å². The molecular weight excluding hydrogens is 182 g/mol. The summed E-state index contributed by atoms with van der Waals surface area (Å²) in [6, 6.07) is 0. The molecule has 1 aliphatic heterocycles. The molecular formula is C10H19NO3. The fraction of sp³-hybridized carbons (Fsp3) is 0.900. The number of likely N-dealkylation sites (tertiary alicyclic amines) is 1. The van der Waals surface area contributed by atoms with Gasteiger partial charge in [0, 0.05) is 15.8 Å². The molecule has 0 saturated carbocycles. The molecule has 1 amide bonds. The molecule has 0 aromatic heterocycles. The van der Waals surface area contributed by atoms with Crippen LogP contribution in [0.15, 0.2) is 0 Å². The lowest BCUT2D eigenvalue weighted by Crippen LogP contribution is -2.44. The van der Waals surface area contributed by atoms with Gasteiger partial charge >= 0.3 is 6.09 Å². The average molecular weight is 203 g/mol. The number of aliphatic hydroxyl groups excluding tert-OH is 1. The fourth-order valence-corrected chi connectivity index (χ4v) is 1.19. The smallest absolute Gasteiger partial charge is 0.410 e. The third kappa shape index (κ3) is 3.54. The molecule has 4 heteroatoms. The maximum atomic E-state index is 11.7. The molecule has 1 atom stereocenters. The van der Waals surface area contributed by atoms with Crippen molar-refractivity contribution in [2.45, 2.75) is 45.3 Å². The summed E-state index contributed by atoms with van der Waals surface area (Å²) >= 11 is 0.